The van der Waals surface area contributed by atoms with Crippen LogP contribution in [0.4, 0.5) is 0 Å². The van der Waals surface area contributed by atoms with Gasteiger partial charge in [-0.25, -0.2) is 0 Å². The summed E-state index contributed by atoms with van der Waals surface area (Å²) in [5.41, 5.74) is -1.27. The van der Waals surface area contributed by atoms with E-state index in [0.29, 0.717) is 11.1 Å². The Bertz CT molecular complexity index is 3590. The lowest BCUT2D eigenvalue weighted by Gasteiger charge is -2.19. The molecule has 13 N–H and O–H groups in total. The number of fused-ring (bicyclic) bond motifs is 6. The lowest BCUT2D eigenvalue weighted by Crippen LogP contribution is -2.10. The molecule has 64 heavy (non-hydrogen) atoms. The molecule has 16 heteroatoms. The van der Waals surface area contributed by atoms with E-state index in [4.69, 9.17) is 7.85 Å². The van der Waals surface area contributed by atoms with Gasteiger partial charge in [0.2, 0.25) is 23.0 Å². The van der Waals surface area contributed by atoms with Gasteiger partial charge in [0.05, 0.1) is 32.6 Å². The number of hydrogen-bond acceptors (Lipinski definition) is 13. The number of para-hydroxylation sites is 1. The third kappa shape index (κ3) is 5.10. The van der Waals surface area contributed by atoms with E-state index in [9.17, 15) is 66.4 Å². The second kappa shape index (κ2) is 13.7. The predicted molar refractivity (Wildman–Crippen MR) is 238 cm³/mol. The fourth-order valence-electron chi connectivity index (χ4n) is 8.76. The van der Waals surface area contributed by atoms with E-state index in [-0.39, 0.29) is 11.4 Å². The molecule has 0 saturated heterocycles. The van der Waals surface area contributed by atoms with Gasteiger partial charge in [0, 0.05) is 16.9 Å². The molecular formula is C48H31BN2O13. The summed E-state index contributed by atoms with van der Waals surface area (Å²) in [4.78, 5) is 0. The molecule has 2 heterocycles. The molecule has 0 aliphatic rings. The molecule has 2 aromatic heterocycles. The van der Waals surface area contributed by atoms with Crippen LogP contribution in [0.5, 0.6) is 74.7 Å². The van der Waals surface area contributed by atoms with Crippen molar-refractivity contribution >= 4 is 56.9 Å². The van der Waals surface area contributed by atoms with Gasteiger partial charge >= 0.3 is 0 Å². The zero-order valence-electron chi connectivity index (χ0n) is 32.7. The van der Waals surface area contributed by atoms with Crippen molar-refractivity contribution in [3.63, 3.8) is 0 Å². The SMILES string of the molecule is [B]c1c(-c2c(O)c(O)c3c(c2O)c2c(O)c(O)c(O)c(O)c2n3-c2cc(-c3ccccc3)cc(-c3ccccc3)c2)c(O)c2c3c(O)c(O)c(O)c(O)c3n(-c3ccccc3)c2c1O. The van der Waals surface area contributed by atoms with Crippen LogP contribution in [0.2, 0.25) is 0 Å². The molecule has 0 amide bonds. The van der Waals surface area contributed by atoms with Crippen LogP contribution in [-0.2, 0) is 0 Å². The minimum atomic E-state index is -1.23. The van der Waals surface area contributed by atoms with Gasteiger partial charge in [-0.05, 0) is 58.0 Å². The van der Waals surface area contributed by atoms with Crippen LogP contribution in [0.1, 0.15) is 0 Å². The Hall–Kier alpha value is -9.18. The number of aromatic nitrogens is 2. The van der Waals surface area contributed by atoms with E-state index in [1.807, 2.05) is 66.7 Å². The smallest absolute Gasteiger partial charge is 0.206 e. The Morgan fingerprint density at radius 2 is 0.625 bits per heavy atom. The Morgan fingerprint density at radius 3 is 1.08 bits per heavy atom. The average molecular weight is 855 g/mol. The number of phenolic OH excluding ortho intramolecular Hbond substituents is 13. The normalized spacial score (nSPS) is 11.7. The Labute approximate surface area is 360 Å². The lowest BCUT2D eigenvalue weighted by molar-refractivity contribution is 0.350. The van der Waals surface area contributed by atoms with Crippen LogP contribution < -0.4 is 5.46 Å². The van der Waals surface area contributed by atoms with Crippen molar-refractivity contribution in [2.45, 2.75) is 0 Å². The molecule has 314 valence electrons. The fourth-order valence-corrected chi connectivity index (χ4v) is 8.76. The van der Waals surface area contributed by atoms with Crippen molar-refractivity contribution in [2.24, 2.45) is 0 Å². The molecule has 0 aliphatic heterocycles. The molecule has 0 bridgehead atoms. The first-order valence-corrected chi connectivity index (χ1v) is 19.3. The molecule has 15 nitrogen and oxygen atoms in total. The van der Waals surface area contributed by atoms with Gasteiger partial charge in [-0.1, -0.05) is 78.9 Å². The van der Waals surface area contributed by atoms with Crippen molar-refractivity contribution < 1.29 is 66.4 Å². The number of benzene rings is 8. The quantitative estimate of drug-likeness (QED) is 0.0447. The van der Waals surface area contributed by atoms with E-state index in [1.54, 1.807) is 30.3 Å². The van der Waals surface area contributed by atoms with Gasteiger partial charge in [0.15, 0.2) is 34.5 Å². The summed E-state index contributed by atoms with van der Waals surface area (Å²) in [6, 6.07) is 31.2. The maximum atomic E-state index is 12.5. The van der Waals surface area contributed by atoms with Gasteiger partial charge in [0.1, 0.15) is 41.6 Å². The summed E-state index contributed by atoms with van der Waals surface area (Å²) < 4.78 is 2.25. The van der Waals surface area contributed by atoms with Gasteiger partial charge in [-0.2, -0.15) is 0 Å². The third-order valence-corrected chi connectivity index (χ3v) is 11.6. The van der Waals surface area contributed by atoms with E-state index >= 15 is 0 Å². The molecule has 0 unspecified atom stereocenters. The number of hydrogen-bond donors (Lipinski definition) is 13. The van der Waals surface area contributed by atoms with E-state index in [2.05, 4.69) is 0 Å². The molecule has 0 fully saturated rings. The zero-order chi connectivity index (χ0) is 45.2. The van der Waals surface area contributed by atoms with Crippen LogP contribution >= 0.6 is 0 Å². The van der Waals surface area contributed by atoms with Crippen LogP contribution in [0.25, 0.3) is 88.4 Å². The summed E-state index contributed by atoms with van der Waals surface area (Å²) in [5.74, 6) is -14.2. The van der Waals surface area contributed by atoms with Gasteiger partial charge in [-0.15, -0.1) is 0 Å². The van der Waals surface area contributed by atoms with Gasteiger partial charge < -0.3 is 75.5 Å². The number of aromatic hydroxyl groups is 13. The minimum absolute atomic E-state index is 0.135. The molecule has 8 aromatic carbocycles. The molecule has 0 saturated carbocycles. The summed E-state index contributed by atoms with van der Waals surface area (Å²) >= 11 is 0. The number of nitrogens with zero attached hydrogens (tertiary/aromatic N) is 2. The second-order valence-electron chi connectivity index (χ2n) is 15.1. The zero-order valence-corrected chi connectivity index (χ0v) is 32.7. The van der Waals surface area contributed by atoms with Crippen molar-refractivity contribution in [3.05, 3.63) is 109 Å². The highest BCUT2D eigenvalue weighted by Crippen LogP contribution is 2.62. The molecule has 2 radical (unpaired) electrons. The monoisotopic (exact) mass is 854 g/mol. The standard InChI is InChI=1S/C48H31BN2O13/c49-31-25(36(52)26-28-34(43(59)47(63)45(61)38(28)54)50(32(26)41(31)57)23-14-8-3-9-15-23)30-37(53)27-29-35(44(60)48(64)46(62)39(29)55)51(33(27)42(58)40(30)56)24-17-21(19-10-4-1-5-11-19)16-22(18-24)20-12-6-2-7-13-20/h1-18,52-64H. The summed E-state index contributed by atoms with van der Waals surface area (Å²) in [7, 11) is 6.55. The van der Waals surface area contributed by atoms with Crippen LogP contribution in [0, 0.1) is 0 Å². The highest BCUT2D eigenvalue weighted by Gasteiger charge is 2.36. The van der Waals surface area contributed by atoms with Crippen LogP contribution in [0.3, 0.4) is 0 Å². The Balaban J connectivity index is 1.38. The maximum Gasteiger partial charge on any atom is 0.206 e. The van der Waals surface area contributed by atoms with Crippen molar-refractivity contribution in [1.82, 2.24) is 9.13 Å². The molecule has 10 rings (SSSR count). The molecule has 10 aromatic rings. The highest BCUT2D eigenvalue weighted by molar-refractivity contribution is 6.42. The Morgan fingerprint density at radius 1 is 0.281 bits per heavy atom. The molecule has 0 aliphatic carbocycles. The first-order chi connectivity index (χ1) is 30.6. The molecule has 0 spiro atoms. The summed E-state index contributed by atoms with van der Waals surface area (Å²) in [6.45, 7) is 0. The van der Waals surface area contributed by atoms with Crippen molar-refractivity contribution in [3.8, 4) is 119 Å². The largest absolute Gasteiger partial charge is 0.507 e. The third-order valence-electron chi connectivity index (χ3n) is 11.6. The lowest BCUT2D eigenvalue weighted by atomic mass is 9.82. The molecule has 0 atom stereocenters. The van der Waals surface area contributed by atoms with Crippen LogP contribution in [-0.4, -0.2) is 83.4 Å². The van der Waals surface area contributed by atoms with Crippen molar-refractivity contribution in [2.75, 3.05) is 0 Å². The van der Waals surface area contributed by atoms with Crippen LogP contribution in [0.15, 0.2) is 109 Å². The maximum absolute atomic E-state index is 12.5. The number of rotatable bonds is 5. The first kappa shape index (κ1) is 39.0. The minimum Gasteiger partial charge on any atom is -0.507 e. The van der Waals surface area contributed by atoms with E-state index in [0.717, 1.165) is 20.3 Å². The van der Waals surface area contributed by atoms with Crippen molar-refractivity contribution in [1.29, 1.82) is 0 Å². The predicted octanol–water partition coefficient (Wildman–Crippen LogP) is 7.85. The fraction of sp³-hybridized carbons (Fsp3) is 0. The van der Waals surface area contributed by atoms with E-state index < -0.39 is 135 Å². The van der Waals surface area contributed by atoms with Gasteiger partial charge in [0.25, 0.3) is 0 Å². The second-order valence-corrected chi connectivity index (χ2v) is 15.1. The number of phenols is 13. The topological polar surface area (TPSA) is 273 Å². The molecular weight excluding hydrogens is 823 g/mol. The Kier molecular flexibility index (Phi) is 8.33. The summed E-state index contributed by atoms with van der Waals surface area (Å²) in [5, 5.41) is 148. The highest BCUT2D eigenvalue weighted by atomic mass is 16.4. The summed E-state index contributed by atoms with van der Waals surface area (Å²) in [6.07, 6.45) is 0. The average Bonchev–Trinajstić information content (AvgIpc) is 3.88. The first-order valence-electron chi connectivity index (χ1n) is 19.3. The van der Waals surface area contributed by atoms with Gasteiger partial charge in [-0.3, -0.25) is 0 Å². The van der Waals surface area contributed by atoms with E-state index in [1.165, 1.54) is 12.1 Å².